The molecule has 1 amide bonds. The van der Waals surface area contributed by atoms with Crippen LogP contribution >= 0.6 is 24.0 Å². The van der Waals surface area contributed by atoms with Gasteiger partial charge in [-0.1, -0.05) is 48.2 Å². The predicted molar refractivity (Wildman–Crippen MR) is 106 cm³/mol. The molecular formula is C19H14FNO4S2. The number of thiocarbonyl (C=S) groups is 1. The number of benzene rings is 2. The second kappa shape index (κ2) is 8.32. The summed E-state index contributed by atoms with van der Waals surface area (Å²) in [6.07, 6.45) is 1.54. The molecule has 0 atom stereocenters. The molecule has 1 N–H and O–H groups in total. The summed E-state index contributed by atoms with van der Waals surface area (Å²) in [4.78, 5) is 24.8. The van der Waals surface area contributed by atoms with Gasteiger partial charge in [0.15, 0.2) is 4.32 Å². The topological polar surface area (TPSA) is 66.8 Å². The summed E-state index contributed by atoms with van der Waals surface area (Å²) in [5.41, 5.74) is 0.811. The highest BCUT2D eigenvalue weighted by atomic mass is 32.2. The molecule has 138 valence electrons. The number of thioether (sulfide) groups is 1. The SMILES string of the molecule is O=C(O)CCOc1cccc(/C=C2/SC(=S)N(c3ccccc3F)C2=O)c1. The van der Waals surface area contributed by atoms with E-state index < -0.39 is 17.7 Å². The van der Waals surface area contributed by atoms with Gasteiger partial charge in [-0.2, -0.15) is 0 Å². The van der Waals surface area contributed by atoms with Gasteiger partial charge < -0.3 is 9.84 Å². The van der Waals surface area contributed by atoms with Crippen LogP contribution in [-0.2, 0) is 9.59 Å². The van der Waals surface area contributed by atoms with Crippen molar-refractivity contribution in [2.45, 2.75) is 6.42 Å². The molecule has 27 heavy (non-hydrogen) atoms. The fraction of sp³-hybridized carbons (Fsp3) is 0.105. The van der Waals surface area contributed by atoms with E-state index in [9.17, 15) is 14.0 Å². The minimum absolute atomic E-state index is 0.0498. The molecular weight excluding hydrogens is 389 g/mol. The first kappa shape index (κ1) is 19.1. The normalized spacial score (nSPS) is 15.4. The summed E-state index contributed by atoms with van der Waals surface area (Å²) in [6, 6.07) is 12.9. The van der Waals surface area contributed by atoms with Gasteiger partial charge in [0, 0.05) is 0 Å². The smallest absolute Gasteiger partial charge is 0.306 e. The average Bonchev–Trinajstić information content (AvgIpc) is 2.89. The van der Waals surface area contributed by atoms with Gasteiger partial charge in [0.1, 0.15) is 11.6 Å². The molecule has 5 nitrogen and oxygen atoms in total. The van der Waals surface area contributed by atoms with Crippen LogP contribution in [0.15, 0.2) is 53.4 Å². The number of rotatable bonds is 6. The molecule has 1 aliphatic rings. The number of para-hydroxylation sites is 1. The Morgan fingerprint density at radius 1 is 1.26 bits per heavy atom. The van der Waals surface area contributed by atoms with Crippen molar-refractivity contribution >= 4 is 51.9 Å². The quantitative estimate of drug-likeness (QED) is 0.579. The summed E-state index contributed by atoms with van der Waals surface area (Å²) in [7, 11) is 0. The Morgan fingerprint density at radius 3 is 2.78 bits per heavy atom. The number of hydrogen-bond acceptors (Lipinski definition) is 5. The van der Waals surface area contributed by atoms with Crippen LogP contribution in [-0.4, -0.2) is 27.9 Å². The molecule has 0 unspecified atom stereocenters. The molecule has 2 aromatic carbocycles. The number of ether oxygens (including phenoxy) is 1. The van der Waals surface area contributed by atoms with Gasteiger partial charge in [0.25, 0.3) is 5.91 Å². The van der Waals surface area contributed by atoms with Crippen LogP contribution in [0.1, 0.15) is 12.0 Å². The van der Waals surface area contributed by atoms with E-state index in [2.05, 4.69) is 0 Å². The first-order valence-electron chi connectivity index (χ1n) is 7.93. The van der Waals surface area contributed by atoms with Crippen LogP contribution < -0.4 is 9.64 Å². The maximum Gasteiger partial charge on any atom is 0.306 e. The van der Waals surface area contributed by atoms with Gasteiger partial charge in [-0.15, -0.1) is 0 Å². The Kier molecular flexibility index (Phi) is 5.88. The van der Waals surface area contributed by atoms with Crippen LogP contribution in [0, 0.1) is 5.82 Å². The maximum absolute atomic E-state index is 14.0. The molecule has 1 saturated heterocycles. The van der Waals surface area contributed by atoms with Gasteiger partial charge >= 0.3 is 5.97 Å². The third kappa shape index (κ3) is 4.53. The van der Waals surface area contributed by atoms with E-state index in [-0.39, 0.29) is 23.0 Å². The highest BCUT2D eigenvalue weighted by Gasteiger charge is 2.34. The van der Waals surface area contributed by atoms with Gasteiger partial charge in [0.05, 0.1) is 23.6 Å². The van der Waals surface area contributed by atoms with Gasteiger partial charge in [-0.25, -0.2) is 4.39 Å². The highest BCUT2D eigenvalue weighted by molar-refractivity contribution is 8.27. The minimum atomic E-state index is -0.942. The molecule has 0 bridgehead atoms. The second-order valence-corrected chi connectivity index (χ2v) is 7.21. The van der Waals surface area contributed by atoms with E-state index >= 15 is 0 Å². The number of amides is 1. The van der Waals surface area contributed by atoms with Crippen LogP contribution in [0.25, 0.3) is 6.08 Å². The highest BCUT2D eigenvalue weighted by Crippen LogP contribution is 2.37. The van der Waals surface area contributed by atoms with Crippen molar-refractivity contribution in [3.8, 4) is 5.75 Å². The average molecular weight is 403 g/mol. The minimum Gasteiger partial charge on any atom is -0.493 e. The largest absolute Gasteiger partial charge is 0.493 e. The predicted octanol–water partition coefficient (Wildman–Crippen LogP) is 4.09. The van der Waals surface area contributed by atoms with Gasteiger partial charge in [-0.3, -0.25) is 14.5 Å². The third-order valence-electron chi connectivity index (χ3n) is 3.63. The lowest BCUT2D eigenvalue weighted by molar-refractivity contribution is -0.137. The summed E-state index contributed by atoms with van der Waals surface area (Å²) < 4.78 is 19.7. The number of carbonyl (C=O) groups excluding carboxylic acids is 1. The van der Waals surface area contributed by atoms with Crippen LogP contribution in [0.5, 0.6) is 5.75 Å². The lowest BCUT2D eigenvalue weighted by Crippen LogP contribution is -2.28. The fourth-order valence-electron chi connectivity index (χ4n) is 2.41. The van der Waals surface area contributed by atoms with Crippen LogP contribution in [0.3, 0.4) is 0 Å². The molecule has 0 radical (unpaired) electrons. The monoisotopic (exact) mass is 403 g/mol. The standard InChI is InChI=1S/C19H14FNO4S2/c20-14-6-1-2-7-15(14)21-18(24)16(27-19(21)26)11-12-4-3-5-13(10-12)25-9-8-17(22)23/h1-7,10-11H,8-9H2,(H,22,23)/b16-11+. The van der Waals surface area contributed by atoms with E-state index in [1.165, 1.54) is 17.0 Å². The van der Waals surface area contributed by atoms with E-state index in [0.29, 0.717) is 16.2 Å². The first-order chi connectivity index (χ1) is 13.0. The third-order valence-corrected chi connectivity index (χ3v) is 4.93. The Morgan fingerprint density at radius 2 is 2.04 bits per heavy atom. The maximum atomic E-state index is 14.0. The van der Waals surface area contributed by atoms with E-state index in [1.807, 2.05) is 0 Å². The molecule has 0 aliphatic carbocycles. The number of carboxylic acid groups (broad SMARTS) is 1. The van der Waals surface area contributed by atoms with E-state index in [1.54, 1.807) is 42.5 Å². The first-order valence-corrected chi connectivity index (χ1v) is 9.15. The summed E-state index contributed by atoms with van der Waals surface area (Å²) >= 11 is 6.33. The second-order valence-electron chi connectivity index (χ2n) is 5.53. The molecule has 1 heterocycles. The summed E-state index contributed by atoms with van der Waals surface area (Å²) in [6.45, 7) is 0.0498. The zero-order valence-corrected chi connectivity index (χ0v) is 15.6. The van der Waals surface area contributed by atoms with Crippen molar-refractivity contribution in [1.82, 2.24) is 0 Å². The zero-order chi connectivity index (χ0) is 19.4. The lowest BCUT2D eigenvalue weighted by Gasteiger charge is -2.14. The van der Waals surface area contributed by atoms with Gasteiger partial charge in [0.2, 0.25) is 0 Å². The molecule has 0 spiro atoms. The van der Waals surface area contributed by atoms with Crippen molar-refractivity contribution in [2.75, 3.05) is 11.5 Å². The van der Waals surface area contributed by atoms with Crippen molar-refractivity contribution in [3.63, 3.8) is 0 Å². The van der Waals surface area contributed by atoms with Gasteiger partial charge in [-0.05, 0) is 35.9 Å². The van der Waals surface area contributed by atoms with E-state index in [0.717, 1.165) is 11.8 Å². The number of carboxylic acids is 1. The summed E-state index contributed by atoms with van der Waals surface area (Å²) in [5, 5.41) is 8.65. The number of anilines is 1. The van der Waals surface area contributed by atoms with Crippen LogP contribution in [0.2, 0.25) is 0 Å². The molecule has 1 aliphatic heterocycles. The lowest BCUT2D eigenvalue weighted by atomic mass is 10.2. The van der Waals surface area contributed by atoms with Crippen molar-refractivity contribution in [2.24, 2.45) is 0 Å². The number of halogens is 1. The summed E-state index contributed by atoms with van der Waals surface area (Å²) in [5.74, 6) is -1.37. The van der Waals surface area contributed by atoms with Crippen LogP contribution in [0.4, 0.5) is 10.1 Å². The number of hydrogen-bond donors (Lipinski definition) is 1. The number of carbonyl (C=O) groups is 2. The number of aliphatic carboxylic acids is 1. The molecule has 0 saturated carbocycles. The molecule has 0 aromatic heterocycles. The molecule has 3 rings (SSSR count). The van der Waals surface area contributed by atoms with E-state index in [4.69, 9.17) is 22.1 Å². The van der Waals surface area contributed by atoms with Crippen molar-refractivity contribution in [1.29, 1.82) is 0 Å². The Labute approximate surface area is 164 Å². The Bertz CT molecular complexity index is 945. The molecule has 8 heteroatoms. The van der Waals surface area contributed by atoms with Crippen molar-refractivity contribution < 1.29 is 23.8 Å². The zero-order valence-electron chi connectivity index (χ0n) is 13.9. The van der Waals surface area contributed by atoms with Crippen molar-refractivity contribution in [3.05, 3.63) is 64.8 Å². The fourth-order valence-corrected chi connectivity index (χ4v) is 3.70. The number of nitrogens with zero attached hydrogens (tertiary/aromatic N) is 1. The Balaban J connectivity index is 1.80. The Hall–Kier alpha value is -2.71. The molecule has 1 fully saturated rings. The molecule has 2 aromatic rings.